The lowest BCUT2D eigenvalue weighted by Crippen LogP contribution is -2.39. The molecule has 20 heavy (non-hydrogen) atoms. The molecule has 1 rings (SSSR count). The molecule has 1 fully saturated rings. The van der Waals surface area contributed by atoms with Gasteiger partial charge >= 0.3 is 5.97 Å². The van der Waals surface area contributed by atoms with Crippen LogP contribution in [0.5, 0.6) is 0 Å². The van der Waals surface area contributed by atoms with Crippen LogP contribution in [0.25, 0.3) is 0 Å². The van der Waals surface area contributed by atoms with Crippen molar-refractivity contribution in [2.24, 2.45) is 29.6 Å². The highest BCUT2D eigenvalue weighted by Crippen LogP contribution is 2.36. The third-order valence-electron chi connectivity index (χ3n) is 4.59. The van der Waals surface area contributed by atoms with Crippen LogP contribution >= 0.6 is 0 Å². The number of ketones is 1. The van der Waals surface area contributed by atoms with Crippen LogP contribution in [0, 0.1) is 29.6 Å². The Morgan fingerprint density at radius 1 is 1.10 bits per heavy atom. The predicted octanol–water partition coefficient (Wildman–Crippen LogP) is 3.85. The van der Waals surface area contributed by atoms with Gasteiger partial charge in [-0.15, -0.1) is 0 Å². The third kappa shape index (κ3) is 4.32. The quantitative estimate of drug-likeness (QED) is 0.568. The summed E-state index contributed by atoms with van der Waals surface area (Å²) in [6.45, 7) is 11.9. The van der Waals surface area contributed by atoms with Crippen molar-refractivity contribution in [1.29, 1.82) is 0 Å². The minimum absolute atomic E-state index is 0.00138. The van der Waals surface area contributed by atoms with Gasteiger partial charge in [-0.1, -0.05) is 41.0 Å². The summed E-state index contributed by atoms with van der Waals surface area (Å²) in [7, 11) is 0. The van der Waals surface area contributed by atoms with Crippen molar-refractivity contribution >= 4 is 11.8 Å². The van der Waals surface area contributed by atoms with Crippen LogP contribution in [0.2, 0.25) is 0 Å². The molecular formula is C17H30O3. The lowest BCUT2D eigenvalue weighted by molar-refractivity contribution is -0.164. The normalized spacial score (nSPS) is 28.5. The average Bonchev–Trinajstić information content (AvgIpc) is 2.26. The monoisotopic (exact) mass is 282 g/mol. The zero-order valence-corrected chi connectivity index (χ0v) is 13.8. The van der Waals surface area contributed by atoms with Crippen molar-refractivity contribution in [3.05, 3.63) is 0 Å². The van der Waals surface area contributed by atoms with Crippen molar-refractivity contribution in [3.63, 3.8) is 0 Å². The van der Waals surface area contributed by atoms with Crippen molar-refractivity contribution in [3.8, 4) is 0 Å². The van der Waals surface area contributed by atoms with E-state index in [1.807, 2.05) is 13.8 Å². The molecular weight excluding hydrogens is 252 g/mol. The second-order valence-corrected chi connectivity index (χ2v) is 7.13. The summed E-state index contributed by atoms with van der Waals surface area (Å²) in [5, 5.41) is 0. The van der Waals surface area contributed by atoms with Crippen molar-refractivity contribution in [2.75, 3.05) is 0 Å². The Morgan fingerprint density at radius 3 is 2.15 bits per heavy atom. The Balaban J connectivity index is 2.76. The summed E-state index contributed by atoms with van der Waals surface area (Å²) in [5.41, 5.74) is 0. The van der Waals surface area contributed by atoms with Crippen molar-refractivity contribution in [1.82, 2.24) is 0 Å². The lowest BCUT2D eigenvalue weighted by Gasteiger charge is -2.37. The second kappa shape index (κ2) is 7.24. The first-order valence-electron chi connectivity index (χ1n) is 7.95. The molecule has 1 saturated carbocycles. The molecule has 0 aliphatic heterocycles. The Morgan fingerprint density at radius 2 is 1.70 bits per heavy atom. The van der Waals surface area contributed by atoms with Crippen molar-refractivity contribution in [2.45, 2.75) is 66.9 Å². The number of ether oxygens (including phenoxy) is 1. The van der Waals surface area contributed by atoms with Gasteiger partial charge in [0.2, 0.25) is 0 Å². The fraction of sp³-hybridized carbons (Fsp3) is 0.882. The molecule has 0 amide bonds. The lowest BCUT2D eigenvalue weighted by atomic mass is 9.75. The highest BCUT2D eigenvalue weighted by Gasteiger charge is 2.36. The zero-order valence-electron chi connectivity index (χ0n) is 13.8. The van der Waals surface area contributed by atoms with Gasteiger partial charge in [-0.2, -0.15) is 0 Å². The van der Waals surface area contributed by atoms with E-state index in [4.69, 9.17) is 4.74 Å². The first-order valence-corrected chi connectivity index (χ1v) is 7.95. The second-order valence-electron chi connectivity index (χ2n) is 7.13. The summed E-state index contributed by atoms with van der Waals surface area (Å²) in [6, 6.07) is 0. The molecule has 0 unspecified atom stereocenters. The molecule has 0 N–H and O–H groups in total. The van der Waals surface area contributed by atoms with E-state index in [1.54, 1.807) is 0 Å². The number of Topliss-reactive ketones (excluding diaryl/α,β-unsaturated/α-hetero) is 1. The van der Waals surface area contributed by atoms with E-state index in [-0.39, 0.29) is 23.8 Å². The van der Waals surface area contributed by atoms with Crippen LogP contribution in [-0.4, -0.2) is 17.9 Å². The Hall–Kier alpha value is -0.860. The maximum absolute atomic E-state index is 12.3. The first-order chi connectivity index (χ1) is 9.23. The van der Waals surface area contributed by atoms with Gasteiger partial charge in [-0.25, -0.2) is 0 Å². The number of carbonyl (C=O) groups is 2. The van der Waals surface area contributed by atoms with Gasteiger partial charge in [0.05, 0.1) is 0 Å². The van der Waals surface area contributed by atoms with E-state index in [1.165, 1.54) is 13.3 Å². The highest BCUT2D eigenvalue weighted by molar-refractivity contribution is 5.98. The summed E-state index contributed by atoms with van der Waals surface area (Å²) in [6.07, 6.45) is 3.23. The molecule has 0 aromatic rings. The largest absolute Gasteiger partial charge is 0.462 e. The summed E-state index contributed by atoms with van der Waals surface area (Å²) in [5.74, 6) is 0.508. The number of hydrogen-bond acceptors (Lipinski definition) is 3. The van der Waals surface area contributed by atoms with Gasteiger partial charge in [-0.05, 0) is 43.4 Å². The molecule has 3 heteroatoms. The van der Waals surface area contributed by atoms with E-state index < -0.39 is 5.92 Å². The van der Waals surface area contributed by atoms with Crippen LogP contribution in [0.15, 0.2) is 0 Å². The maximum Gasteiger partial charge on any atom is 0.317 e. The van der Waals surface area contributed by atoms with Gasteiger partial charge in [0, 0.05) is 0 Å². The van der Waals surface area contributed by atoms with E-state index in [0.29, 0.717) is 17.8 Å². The van der Waals surface area contributed by atoms with Crippen molar-refractivity contribution < 1.29 is 14.3 Å². The third-order valence-corrected chi connectivity index (χ3v) is 4.59. The smallest absolute Gasteiger partial charge is 0.317 e. The fourth-order valence-corrected chi connectivity index (χ4v) is 3.38. The van der Waals surface area contributed by atoms with Gasteiger partial charge in [0.1, 0.15) is 17.8 Å². The number of hydrogen-bond donors (Lipinski definition) is 0. The molecule has 0 spiro atoms. The van der Waals surface area contributed by atoms with E-state index in [2.05, 4.69) is 20.8 Å². The van der Waals surface area contributed by atoms with E-state index in [0.717, 1.165) is 12.8 Å². The van der Waals surface area contributed by atoms with Crippen LogP contribution in [-0.2, 0) is 14.3 Å². The van der Waals surface area contributed by atoms with Crippen LogP contribution in [0.4, 0.5) is 0 Å². The predicted molar refractivity (Wildman–Crippen MR) is 80.2 cm³/mol. The van der Waals surface area contributed by atoms with Crippen LogP contribution in [0.3, 0.4) is 0 Å². The van der Waals surface area contributed by atoms with Gasteiger partial charge in [-0.3, -0.25) is 9.59 Å². The number of esters is 1. The zero-order chi connectivity index (χ0) is 15.4. The Bertz CT molecular complexity index is 346. The molecule has 0 aromatic carbocycles. The average molecular weight is 282 g/mol. The van der Waals surface area contributed by atoms with Gasteiger partial charge < -0.3 is 4.74 Å². The molecule has 0 radical (unpaired) electrons. The minimum atomic E-state index is -0.611. The molecule has 0 aromatic heterocycles. The fourth-order valence-electron chi connectivity index (χ4n) is 3.38. The number of carbonyl (C=O) groups excluding carboxylic acids is 2. The van der Waals surface area contributed by atoms with Crippen LogP contribution in [0.1, 0.15) is 60.8 Å². The summed E-state index contributed by atoms with van der Waals surface area (Å²) < 4.78 is 5.76. The van der Waals surface area contributed by atoms with Gasteiger partial charge in [0.25, 0.3) is 0 Å². The summed E-state index contributed by atoms with van der Waals surface area (Å²) >= 11 is 0. The van der Waals surface area contributed by atoms with E-state index >= 15 is 0 Å². The standard InChI is InChI=1S/C17H30O3/c1-10(2)14-8-7-12(5)9-15(14)20-17(19)16(11(3)4)13(6)18/h10-12,14-16H,7-9H2,1-6H3/t12-,14+,15-,16+/m1/s1. The molecule has 116 valence electrons. The molecule has 0 saturated heterocycles. The van der Waals surface area contributed by atoms with Gasteiger partial charge in [0.15, 0.2) is 0 Å². The topological polar surface area (TPSA) is 43.4 Å². The highest BCUT2D eigenvalue weighted by atomic mass is 16.5. The SMILES string of the molecule is CC(=O)[C@@H](C(=O)O[C@@H]1C[C@H](C)CC[C@H]1C(C)C)C(C)C. The maximum atomic E-state index is 12.3. The Kier molecular flexibility index (Phi) is 6.22. The Labute approximate surface area is 123 Å². The van der Waals surface area contributed by atoms with Crippen LogP contribution < -0.4 is 0 Å². The molecule has 1 aliphatic carbocycles. The molecule has 1 aliphatic rings. The molecule has 4 atom stereocenters. The molecule has 0 bridgehead atoms. The van der Waals surface area contributed by atoms with E-state index in [9.17, 15) is 9.59 Å². The summed E-state index contributed by atoms with van der Waals surface area (Å²) in [4.78, 5) is 24.0. The minimum Gasteiger partial charge on any atom is -0.462 e. The number of rotatable bonds is 5. The first kappa shape index (κ1) is 17.2. The molecule has 0 heterocycles. The molecule has 3 nitrogen and oxygen atoms in total.